The Morgan fingerprint density at radius 3 is 2.67 bits per heavy atom. The molecule has 0 heterocycles. The predicted molar refractivity (Wildman–Crippen MR) is 84.0 cm³/mol. The molecule has 110 valence electrons. The maximum Gasteiger partial charge on any atom is 0.271 e. The second-order valence-electron chi connectivity index (χ2n) is 4.79. The second-order valence-corrected chi connectivity index (χ2v) is 5.70. The maximum atomic E-state index is 13.9. The summed E-state index contributed by atoms with van der Waals surface area (Å²) in [5, 5.41) is 14.0. The first-order valence-electron chi connectivity index (χ1n) is 6.35. The van der Waals surface area contributed by atoms with Crippen molar-refractivity contribution >= 4 is 27.3 Å². The van der Waals surface area contributed by atoms with Crippen LogP contribution in [0.15, 0.2) is 40.9 Å². The van der Waals surface area contributed by atoms with Crippen molar-refractivity contribution in [1.82, 2.24) is 0 Å². The largest absolute Gasteiger partial charge is 0.378 e. The number of anilines is 1. The summed E-state index contributed by atoms with van der Waals surface area (Å²) < 4.78 is 14.6. The number of aryl methyl sites for hydroxylation is 1. The van der Waals surface area contributed by atoms with E-state index < -0.39 is 4.92 Å². The molecule has 0 aliphatic rings. The van der Waals surface area contributed by atoms with Gasteiger partial charge in [-0.25, -0.2) is 4.39 Å². The van der Waals surface area contributed by atoms with Crippen LogP contribution in [-0.4, -0.2) is 4.92 Å². The fourth-order valence-electron chi connectivity index (χ4n) is 2.04. The Bertz CT molecular complexity index is 691. The Labute approximate surface area is 130 Å². The lowest BCUT2D eigenvalue weighted by Gasteiger charge is -2.18. The van der Waals surface area contributed by atoms with Crippen LogP contribution in [0.3, 0.4) is 0 Å². The zero-order valence-corrected chi connectivity index (χ0v) is 13.1. The molecule has 21 heavy (non-hydrogen) atoms. The molecule has 0 aliphatic heterocycles. The molecule has 0 fully saturated rings. The molecule has 0 saturated carbocycles. The molecular weight excluding hydrogens is 339 g/mol. The third-order valence-corrected chi connectivity index (χ3v) is 3.72. The highest BCUT2D eigenvalue weighted by Gasteiger charge is 2.14. The van der Waals surface area contributed by atoms with Crippen molar-refractivity contribution in [3.63, 3.8) is 0 Å². The third kappa shape index (κ3) is 3.58. The Balaban J connectivity index is 2.31. The van der Waals surface area contributed by atoms with Crippen LogP contribution in [-0.2, 0) is 0 Å². The minimum absolute atomic E-state index is 0.00464. The Kier molecular flexibility index (Phi) is 4.57. The SMILES string of the molecule is Cc1ccc([N+](=O)[O-])cc1NC(C)c1cc(Br)ccc1F. The number of nitrogens with zero attached hydrogens (tertiary/aromatic N) is 1. The van der Waals surface area contributed by atoms with Crippen molar-refractivity contribution < 1.29 is 9.31 Å². The molecule has 0 radical (unpaired) electrons. The van der Waals surface area contributed by atoms with Crippen LogP contribution in [0.5, 0.6) is 0 Å². The highest BCUT2D eigenvalue weighted by atomic mass is 79.9. The van der Waals surface area contributed by atoms with Crippen molar-refractivity contribution in [2.24, 2.45) is 0 Å². The molecule has 0 amide bonds. The number of nitro groups is 1. The number of non-ortho nitro benzene ring substituents is 1. The molecule has 0 bridgehead atoms. The molecule has 0 saturated heterocycles. The highest BCUT2D eigenvalue weighted by Crippen LogP contribution is 2.28. The van der Waals surface area contributed by atoms with Gasteiger partial charge in [-0.05, 0) is 37.6 Å². The molecule has 0 spiro atoms. The number of rotatable bonds is 4. The van der Waals surface area contributed by atoms with Gasteiger partial charge in [0.05, 0.1) is 11.0 Å². The molecule has 0 aliphatic carbocycles. The van der Waals surface area contributed by atoms with E-state index >= 15 is 0 Å². The molecule has 1 unspecified atom stereocenters. The third-order valence-electron chi connectivity index (χ3n) is 3.23. The summed E-state index contributed by atoms with van der Waals surface area (Å²) in [5.74, 6) is -0.318. The molecular formula is C15H14BrFN2O2. The van der Waals surface area contributed by atoms with Crippen LogP contribution in [0.1, 0.15) is 24.1 Å². The maximum absolute atomic E-state index is 13.9. The standard InChI is InChI=1S/C15H14BrFN2O2/c1-9-3-5-12(19(20)21)8-15(9)18-10(2)13-7-11(16)4-6-14(13)17/h3-8,10,18H,1-2H3. The summed E-state index contributed by atoms with van der Waals surface area (Å²) in [5.41, 5.74) is 1.99. The van der Waals surface area contributed by atoms with Gasteiger partial charge in [0.1, 0.15) is 5.82 Å². The van der Waals surface area contributed by atoms with Gasteiger partial charge >= 0.3 is 0 Å². The minimum atomic E-state index is -0.449. The fraction of sp³-hybridized carbons (Fsp3) is 0.200. The number of halogens is 2. The van der Waals surface area contributed by atoms with Crippen molar-refractivity contribution in [2.45, 2.75) is 19.9 Å². The zero-order valence-electron chi connectivity index (χ0n) is 11.6. The fourth-order valence-corrected chi connectivity index (χ4v) is 2.42. The lowest BCUT2D eigenvalue weighted by atomic mass is 10.1. The van der Waals surface area contributed by atoms with Crippen molar-refractivity contribution in [2.75, 3.05) is 5.32 Å². The summed E-state index contributed by atoms with van der Waals surface area (Å²) in [6, 6.07) is 8.97. The van der Waals surface area contributed by atoms with Crippen LogP contribution < -0.4 is 5.32 Å². The first-order chi connectivity index (χ1) is 9.88. The average Bonchev–Trinajstić information content (AvgIpc) is 2.43. The number of hydrogen-bond donors (Lipinski definition) is 1. The Morgan fingerprint density at radius 2 is 2.00 bits per heavy atom. The van der Waals surface area contributed by atoms with Gasteiger partial charge in [0.2, 0.25) is 0 Å². The molecule has 2 aromatic carbocycles. The monoisotopic (exact) mass is 352 g/mol. The van der Waals surface area contributed by atoms with Gasteiger partial charge < -0.3 is 5.32 Å². The molecule has 4 nitrogen and oxygen atoms in total. The first-order valence-corrected chi connectivity index (χ1v) is 7.14. The summed E-state index contributed by atoms with van der Waals surface area (Å²) in [7, 11) is 0. The van der Waals surface area contributed by atoms with Crippen molar-refractivity contribution in [3.05, 3.63) is 67.9 Å². The number of nitrogens with one attached hydrogen (secondary N) is 1. The topological polar surface area (TPSA) is 55.2 Å². The molecule has 2 aromatic rings. The van der Waals surface area contributed by atoms with E-state index in [1.54, 1.807) is 18.2 Å². The number of nitro benzene ring substituents is 1. The number of benzene rings is 2. The van der Waals surface area contributed by atoms with E-state index in [0.29, 0.717) is 11.3 Å². The first kappa shape index (κ1) is 15.4. The van der Waals surface area contributed by atoms with Crippen molar-refractivity contribution in [1.29, 1.82) is 0 Å². The van der Waals surface area contributed by atoms with E-state index in [-0.39, 0.29) is 17.5 Å². The smallest absolute Gasteiger partial charge is 0.271 e. The Morgan fingerprint density at radius 1 is 1.29 bits per heavy atom. The summed E-state index contributed by atoms with van der Waals surface area (Å²) in [6.07, 6.45) is 0. The van der Waals surface area contributed by atoms with Crippen LogP contribution in [0.25, 0.3) is 0 Å². The molecule has 6 heteroatoms. The second kappa shape index (κ2) is 6.22. The van der Waals surface area contributed by atoms with Gasteiger partial charge in [-0.2, -0.15) is 0 Å². The molecule has 0 aromatic heterocycles. The quantitative estimate of drug-likeness (QED) is 0.623. The summed E-state index contributed by atoms with van der Waals surface area (Å²) >= 11 is 3.31. The van der Waals surface area contributed by atoms with E-state index in [9.17, 15) is 14.5 Å². The highest BCUT2D eigenvalue weighted by molar-refractivity contribution is 9.10. The van der Waals surface area contributed by atoms with Crippen LogP contribution in [0.4, 0.5) is 15.8 Å². The predicted octanol–water partition coefficient (Wildman–Crippen LogP) is 4.98. The minimum Gasteiger partial charge on any atom is -0.378 e. The lowest BCUT2D eigenvalue weighted by molar-refractivity contribution is -0.384. The van der Waals surface area contributed by atoms with E-state index in [1.807, 2.05) is 13.8 Å². The van der Waals surface area contributed by atoms with Gasteiger partial charge in [-0.15, -0.1) is 0 Å². The van der Waals surface area contributed by atoms with Gasteiger partial charge in [0.25, 0.3) is 5.69 Å². The van der Waals surface area contributed by atoms with Gasteiger partial charge in [0, 0.05) is 27.9 Å². The van der Waals surface area contributed by atoms with Gasteiger partial charge in [0.15, 0.2) is 0 Å². The lowest BCUT2D eigenvalue weighted by Crippen LogP contribution is -2.10. The number of hydrogen-bond acceptors (Lipinski definition) is 3. The average molecular weight is 353 g/mol. The Hall–Kier alpha value is -1.95. The van der Waals surface area contributed by atoms with Gasteiger partial charge in [-0.1, -0.05) is 22.0 Å². The molecule has 2 rings (SSSR count). The molecule has 1 atom stereocenters. The van der Waals surface area contributed by atoms with Crippen LogP contribution in [0, 0.1) is 22.9 Å². The van der Waals surface area contributed by atoms with E-state index in [4.69, 9.17) is 0 Å². The summed E-state index contributed by atoms with van der Waals surface area (Å²) in [4.78, 5) is 10.4. The van der Waals surface area contributed by atoms with E-state index in [0.717, 1.165) is 10.0 Å². The van der Waals surface area contributed by atoms with Crippen LogP contribution in [0.2, 0.25) is 0 Å². The van der Waals surface area contributed by atoms with Gasteiger partial charge in [-0.3, -0.25) is 10.1 Å². The van der Waals surface area contributed by atoms with Crippen molar-refractivity contribution in [3.8, 4) is 0 Å². The zero-order chi connectivity index (χ0) is 15.6. The van der Waals surface area contributed by atoms with E-state index in [1.165, 1.54) is 18.2 Å². The van der Waals surface area contributed by atoms with E-state index in [2.05, 4.69) is 21.2 Å². The molecule has 1 N–H and O–H groups in total. The van der Waals surface area contributed by atoms with Crippen LogP contribution >= 0.6 is 15.9 Å². The summed E-state index contributed by atoms with van der Waals surface area (Å²) in [6.45, 7) is 3.65. The normalized spacial score (nSPS) is 12.0.